The van der Waals surface area contributed by atoms with Gasteiger partial charge in [0.1, 0.15) is 12.4 Å². The number of benzene rings is 3. The van der Waals surface area contributed by atoms with Gasteiger partial charge in [0.15, 0.2) is 0 Å². The van der Waals surface area contributed by atoms with Gasteiger partial charge in [-0.2, -0.15) is 13.2 Å². The molecule has 1 heterocycles. The highest BCUT2D eigenvalue weighted by Crippen LogP contribution is 2.49. The summed E-state index contributed by atoms with van der Waals surface area (Å²) in [5.74, 6) is -0.252. The van der Waals surface area contributed by atoms with Crippen molar-refractivity contribution in [3.05, 3.63) is 83.7 Å². The fraction of sp³-hybridized carbons (Fsp3) is 0.280. The lowest BCUT2D eigenvalue weighted by atomic mass is 10.1. The summed E-state index contributed by atoms with van der Waals surface area (Å²) in [6.07, 6.45) is -3.58. The monoisotopic (exact) mass is 461 g/mol. The molecule has 32 heavy (non-hydrogen) atoms. The van der Waals surface area contributed by atoms with Crippen molar-refractivity contribution in [1.29, 1.82) is 0 Å². The average Bonchev–Trinajstić information content (AvgIpc) is 2.73. The standard InChI is InChI=1S/C25H25F4N2S/c1-31(2,17-18-8-11-20(26)12-9-18)15-5-14-30-21-6-3-4-7-23(21)32-24-13-10-19(16-22(24)30)25(27,28)29/h3-4,6-13,16H,5,14-15,17H2,1-2H3/q+1. The zero-order valence-corrected chi connectivity index (χ0v) is 18.8. The first-order valence-corrected chi connectivity index (χ1v) is 11.3. The normalized spacial score (nSPS) is 13.6. The van der Waals surface area contributed by atoms with Crippen LogP contribution in [0.3, 0.4) is 0 Å². The van der Waals surface area contributed by atoms with E-state index in [2.05, 4.69) is 14.1 Å². The van der Waals surface area contributed by atoms with Crippen LogP contribution in [0.2, 0.25) is 0 Å². The van der Waals surface area contributed by atoms with E-state index in [9.17, 15) is 17.6 Å². The van der Waals surface area contributed by atoms with E-state index in [1.807, 2.05) is 29.2 Å². The molecule has 3 aromatic carbocycles. The van der Waals surface area contributed by atoms with Gasteiger partial charge in [-0.05, 0) is 42.5 Å². The molecule has 0 N–H and O–H groups in total. The molecule has 7 heteroatoms. The third kappa shape index (κ3) is 5.10. The smallest absolute Gasteiger partial charge is 0.339 e. The molecule has 4 rings (SSSR count). The molecule has 1 aliphatic rings. The van der Waals surface area contributed by atoms with Crippen LogP contribution in [0.15, 0.2) is 76.5 Å². The van der Waals surface area contributed by atoms with E-state index in [0.717, 1.165) is 46.6 Å². The van der Waals surface area contributed by atoms with Crippen molar-refractivity contribution in [1.82, 2.24) is 0 Å². The number of para-hydroxylation sites is 1. The second-order valence-corrected chi connectivity index (χ2v) is 9.78. The number of quaternary nitrogens is 1. The van der Waals surface area contributed by atoms with E-state index in [4.69, 9.17) is 0 Å². The first kappa shape index (κ1) is 22.7. The Morgan fingerprint density at radius 1 is 0.875 bits per heavy atom. The minimum absolute atomic E-state index is 0.252. The molecule has 0 aromatic heterocycles. The number of anilines is 2. The Hall–Kier alpha value is -2.51. The zero-order valence-electron chi connectivity index (χ0n) is 18.0. The summed E-state index contributed by atoms with van der Waals surface area (Å²) < 4.78 is 54.0. The van der Waals surface area contributed by atoms with Crippen LogP contribution in [0.4, 0.5) is 28.9 Å². The molecule has 0 spiro atoms. The largest absolute Gasteiger partial charge is 0.416 e. The van der Waals surface area contributed by atoms with Crippen molar-refractivity contribution < 1.29 is 22.0 Å². The molecular formula is C25H25F4N2S+. The number of hydrogen-bond donors (Lipinski definition) is 0. The Labute approximate surface area is 190 Å². The van der Waals surface area contributed by atoms with Crippen molar-refractivity contribution in [3.63, 3.8) is 0 Å². The number of alkyl halides is 3. The van der Waals surface area contributed by atoms with E-state index in [1.165, 1.54) is 30.0 Å². The van der Waals surface area contributed by atoms with Crippen LogP contribution in [0, 0.1) is 5.82 Å². The molecule has 0 fully saturated rings. The number of halogens is 4. The predicted molar refractivity (Wildman–Crippen MR) is 121 cm³/mol. The highest BCUT2D eigenvalue weighted by molar-refractivity contribution is 7.99. The maximum atomic E-state index is 13.4. The molecule has 2 nitrogen and oxygen atoms in total. The summed E-state index contributed by atoms with van der Waals surface area (Å²) >= 11 is 1.50. The second-order valence-electron chi connectivity index (χ2n) is 8.70. The molecule has 3 aromatic rings. The van der Waals surface area contributed by atoms with Crippen LogP contribution in [-0.4, -0.2) is 31.7 Å². The molecule has 0 unspecified atom stereocenters. The molecular weight excluding hydrogens is 436 g/mol. The summed E-state index contributed by atoms with van der Waals surface area (Å²) in [5.41, 5.74) is 1.96. The minimum Gasteiger partial charge on any atom is -0.339 e. The lowest BCUT2D eigenvalue weighted by Crippen LogP contribution is -2.40. The minimum atomic E-state index is -4.38. The van der Waals surface area contributed by atoms with Crippen molar-refractivity contribution in [3.8, 4) is 0 Å². The van der Waals surface area contributed by atoms with E-state index in [1.54, 1.807) is 18.2 Å². The van der Waals surface area contributed by atoms with Gasteiger partial charge in [0, 0.05) is 28.3 Å². The number of hydrogen-bond acceptors (Lipinski definition) is 2. The van der Waals surface area contributed by atoms with E-state index < -0.39 is 11.7 Å². The first-order chi connectivity index (χ1) is 15.1. The predicted octanol–water partition coefficient (Wildman–Crippen LogP) is 7.11. The van der Waals surface area contributed by atoms with Crippen LogP contribution in [0.5, 0.6) is 0 Å². The van der Waals surface area contributed by atoms with Gasteiger partial charge < -0.3 is 9.38 Å². The van der Waals surface area contributed by atoms with Crippen molar-refractivity contribution in [2.75, 3.05) is 32.1 Å². The van der Waals surface area contributed by atoms with Gasteiger partial charge in [-0.1, -0.05) is 36.0 Å². The summed E-state index contributed by atoms with van der Waals surface area (Å²) in [6.45, 7) is 2.19. The van der Waals surface area contributed by atoms with Gasteiger partial charge in [0.2, 0.25) is 0 Å². The lowest BCUT2D eigenvalue weighted by molar-refractivity contribution is -0.903. The molecule has 0 amide bonds. The topological polar surface area (TPSA) is 3.24 Å². The highest BCUT2D eigenvalue weighted by atomic mass is 32.2. The van der Waals surface area contributed by atoms with Gasteiger partial charge in [-0.15, -0.1) is 0 Å². The van der Waals surface area contributed by atoms with E-state index >= 15 is 0 Å². The Morgan fingerprint density at radius 3 is 2.28 bits per heavy atom. The molecule has 0 aliphatic carbocycles. The van der Waals surface area contributed by atoms with Crippen LogP contribution in [0.1, 0.15) is 17.5 Å². The van der Waals surface area contributed by atoms with Gasteiger partial charge in [-0.25, -0.2) is 4.39 Å². The third-order valence-electron chi connectivity index (χ3n) is 5.62. The Balaban J connectivity index is 1.53. The second kappa shape index (κ2) is 8.79. The van der Waals surface area contributed by atoms with Crippen LogP contribution < -0.4 is 4.90 Å². The van der Waals surface area contributed by atoms with Gasteiger partial charge in [-0.3, -0.25) is 0 Å². The summed E-state index contributed by atoms with van der Waals surface area (Å²) in [6, 6.07) is 18.3. The highest BCUT2D eigenvalue weighted by Gasteiger charge is 2.33. The molecule has 168 valence electrons. The van der Waals surface area contributed by atoms with Gasteiger partial charge >= 0.3 is 6.18 Å². The molecule has 0 radical (unpaired) electrons. The molecule has 0 saturated heterocycles. The molecule has 0 saturated carbocycles. The van der Waals surface area contributed by atoms with Crippen molar-refractivity contribution in [2.24, 2.45) is 0 Å². The fourth-order valence-corrected chi connectivity index (χ4v) is 5.14. The number of nitrogens with zero attached hydrogens (tertiary/aromatic N) is 2. The number of fused-ring (bicyclic) bond motifs is 2. The molecule has 0 bridgehead atoms. The molecule has 1 aliphatic heterocycles. The quantitative estimate of drug-likeness (QED) is 0.284. The molecule has 0 atom stereocenters. The Morgan fingerprint density at radius 2 is 1.56 bits per heavy atom. The first-order valence-electron chi connectivity index (χ1n) is 10.4. The van der Waals surface area contributed by atoms with E-state index in [0.29, 0.717) is 16.7 Å². The van der Waals surface area contributed by atoms with Crippen molar-refractivity contribution >= 4 is 23.1 Å². The Kier molecular flexibility index (Phi) is 6.23. The van der Waals surface area contributed by atoms with Gasteiger partial charge in [0.05, 0.1) is 37.6 Å². The van der Waals surface area contributed by atoms with E-state index in [-0.39, 0.29) is 5.82 Å². The van der Waals surface area contributed by atoms with Crippen LogP contribution >= 0.6 is 11.8 Å². The van der Waals surface area contributed by atoms with Crippen LogP contribution in [-0.2, 0) is 12.7 Å². The van der Waals surface area contributed by atoms with Crippen molar-refractivity contribution in [2.45, 2.75) is 28.9 Å². The maximum absolute atomic E-state index is 13.4. The summed E-state index contributed by atoms with van der Waals surface area (Å²) in [5, 5.41) is 0. The summed E-state index contributed by atoms with van der Waals surface area (Å²) in [4.78, 5) is 3.88. The average molecular weight is 462 g/mol. The number of rotatable bonds is 6. The maximum Gasteiger partial charge on any atom is 0.416 e. The fourth-order valence-electron chi connectivity index (χ4n) is 4.07. The van der Waals surface area contributed by atoms with Gasteiger partial charge in [0.25, 0.3) is 0 Å². The zero-order chi connectivity index (χ0) is 22.9. The SMILES string of the molecule is C[N+](C)(CCCN1c2ccccc2Sc2ccc(C(F)(F)F)cc21)Cc1ccc(F)cc1. The van der Waals surface area contributed by atoms with Crippen LogP contribution in [0.25, 0.3) is 0 Å². The lowest BCUT2D eigenvalue weighted by Gasteiger charge is -2.35. The third-order valence-corrected chi connectivity index (χ3v) is 6.75. The summed E-state index contributed by atoms with van der Waals surface area (Å²) in [7, 11) is 4.22. The Bertz CT molecular complexity index is 1090.